The van der Waals surface area contributed by atoms with E-state index >= 15 is 0 Å². The van der Waals surface area contributed by atoms with Crippen molar-refractivity contribution >= 4 is 17.6 Å². The molecule has 1 amide bonds. The zero-order valence-electron chi connectivity index (χ0n) is 18.0. The summed E-state index contributed by atoms with van der Waals surface area (Å²) in [5.74, 6) is 2.08. The second kappa shape index (κ2) is 10.3. The van der Waals surface area contributed by atoms with E-state index in [0.717, 1.165) is 24.6 Å². The molecule has 156 valence electrons. The molecule has 0 bridgehead atoms. The normalized spacial score (nSPS) is 15.7. The average molecular weight is 389 g/mol. The van der Waals surface area contributed by atoms with E-state index in [1.54, 1.807) is 7.11 Å². The van der Waals surface area contributed by atoms with Gasteiger partial charge in [-0.15, -0.1) is 0 Å². The van der Waals surface area contributed by atoms with Gasteiger partial charge in [-0.1, -0.05) is 26.3 Å². The highest BCUT2D eigenvalue weighted by atomic mass is 16.5. The minimum Gasteiger partial charge on any atom is -0.495 e. The average Bonchev–Trinajstić information content (AvgIpc) is 2.60. The molecule has 0 radical (unpaired) electrons. The van der Waals surface area contributed by atoms with Crippen LogP contribution in [0.15, 0.2) is 23.2 Å². The van der Waals surface area contributed by atoms with Crippen LogP contribution >= 0.6 is 0 Å². The summed E-state index contributed by atoms with van der Waals surface area (Å²) in [5.41, 5.74) is 2.11. The smallest absolute Gasteiger partial charge is 0.221 e. The van der Waals surface area contributed by atoms with Crippen LogP contribution in [0.4, 0.5) is 5.69 Å². The minimum absolute atomic E-state index is 0.120. The van der Waals surface area contributed by atoms with Crippen molar-refractivity contribution in [3.63, 3.8) is 0 Å². The van der Waals surface area contributed by atoms with Crippen LogP contribution in [0.1, 0.15) is 58.9 Å². The molecule has 1 saturated carbocycles. The largest absolute Gasteiger partial charge is 0.495 e. The number of benzene rings is 1. The van der Waals surface area contributed by atoms with Crippen LogP contribution in [-0.4, -0.2) is 32.1 Å². The van der Waals surface area contributed by atoms with Crippen LogP contribution in [0.2, 0.25) is 0 Å². The van der Waals surface area contributed by atoms with Gasteiger partial charge in [-0.05, 0) is 55.2 Å². The Bertz CT molecular complexity index is 681. The molecular weight excluding hydrogens is 352 g/mol. The fraction of sp³-hybridized carbons (Fsp3) is 0.636. The van der Waals surface area contributed by atoms with Gasteiger partial charge in [0.05, 0.1) is 19.3 Å². The van der Waals surface area contributed by atoms with Gasteiger partial charge in [0, 0.05) is 20.0 Å². The Morgan fingerprint density at radius 3 is 2.57 bits per heavy atom. The first-order valence-electron chi connectivity index (χ1n) is 10.3. The molecule has 1 fully saturated rings. The Labute approximate surface area is 169 Å². The lowest BCUT2D eigenvalue weighted by Crippen LogP contribution is -2.47. The molecule has 1 aliphatic carbocycles. The first-order valence-corrected chi connectivity index (χ1v) is 10.3. The van der Waals surface area contributed by atoms with E-state index in [0.29, 0.717) is 29.3 Å². The second-order valence-corrected chi connectivity index (χ2v) is 8.22. The number of carbonyl (C=O) groups excluding carboxylic acids is 1. The van der Waals surface area contributed by atoms with Gasteiger partial charge in [0.1, 0.15) is 5.75 Å². The summed E-state index contributed by atoms with van der Waals surface area (Å²) in [6.45, 7) is 10.5. The van der Waals surface area contributed by atoms with E-state index in [1.165, 1.54) is 32.6 Å². The van der Waals surface area contributed by atoms with Gasteiger partial charge in [-0.2, -0.15) is 0 Å². The van der Waals surface area contributed by atoms with E-state index in [4.69, 9.17) is 9.73 Å². The van der Waals surface area contributed by atoms with Gasteiger partial charge in [0.25, 0.3) is 0 Å². The number of hydrogen-bond donors (Lipinski definition) is 3. The lowest BCUT2D eigenvalue weighted by atomic mass is 9.64. The van der Waals surface area contributed by atoms with Crippen LogP contribution in [0, 0.1) is 11.3 Å². The summed E-state index contributed by atoms with van der Waals surface area (Å²) in [6, 6.07) is 5.76. The summed E-state index contributed by atoms with van der Waals surface area (Å²) in [4.78, 5) is 16.2. The quantitative estimate of drug-likeness (QED) is 0.443. The third-order valence-electron chi connectivity index (χ3n) is 5.22. The maximum atomic E-state index is 11.4. The Kier molecular flexibility index (Phi) is 8.15. The Hall–Kier alpha value is -2.24. The third-order valence-corrected chi connectivity index (χ3v) is 5.22. The summed E-state index contributed by atoms with van der Waals surface area (Å²) in [7, 11) is 1.60. The van der Waals surface area contributed by atoms with Crippen LogP contribution in [0.25, 0.3) is 0 Å². The number of ether oxygens (including phenoxy) is 1. The summed E-state index contributed by atoms with van der Waals surface area (Å²) < 4.78 is 5.32. The van der Waals surface area contributed by atoms with Gasteiger partial charge in [-0.3, -0.25) is 4.79 Å². The number of guanidine groups is 1. The highest BCUT2D eigenvalue weighted by Crippen LogP contribution is 2.45. The maximum Gasteiger partial charge on any atom is 0.221 e. The van der Waals surface area contributed by atoms with Crippen molar-refractivity contribution in [1.82, 2.24) is 10.6 Å². The van der Waals surface area contributed by atoms with E-state index in [2.05, 4.69) is 36.7 Å². The lowest BCUT2D eigenvalue weighted by molar-refractivity contribution is -0.114. The molecule has 0 unspecified atom stereocenters. The number of nitrogens with zero attached hydrogens (tertiary/aromatic N) is 1. The SMILES string of the molecule is CCNC(=NCc1ccc(OC)c(NC(C)=O)c1)NCC1(CC(C)C)CCC1. The van der Waals surface area contributed by atoms with Crippen LogP contribution in [-0.2, 0) is 11.3 Å². The second-order valence-electron chi connectivity index (χ2n) is 8.22. The lowest BCUT2D eigenvalue weighted by Gasteiger charge is -2.43. The van der Waals surface area contributed by atoms with E-state index in [1.807, 2.05) is 18.2 Å². The highest BCUT2D eigenvalue weighted by molar-refractivity contribution is 5.90. The first-order chi connectivity index (χ1) is 13.4. The number of methoxy groups -OCH3 is 1. The molecule has 3 N–H and O–H groups in total. The van der Waals surface area contributed by atoms with Gasteiger partial charge in [0.2, 0.25) is 5.91 Å². The summed E-state index contributed by atoms with van der Waals surface area (Å²) >= 11 is 0. The van der Waals surface area contributed by atoms with Gasteiger partial charge < -0.3 is 20.7 Å². The number of nitrogens with one attached hydrogen (secondary N) is 3. The van der Waals surface area contributed by atoms with Gasteiger partial charge in [0.15, 0.2) is 5.96 Å². The van der Waals surface area contributed by atoms with Crippen molar-refractivity contribution in [1.29, 1.82) is 0 Å². The molecule has 6 heteroatoms. The van der Waals surface area contributed by atoms with Gasteiger partial charge >= 0.3 is 0 Å². The Balaban J connectivity index is 2.04. The number of aliphatic imine (C=N–C) groups is 1. The predicted octanol–water partition coefficient (Wildman–Crippen LogP) is 3.93. The highest BCUT2D eigenvalue weighted by Gasteiger charge is 2.37. The maximum absolute atomic E-state index is 11.4. The number of hydrogen-bond acceptors (Lipinski definition) is 3. The van der Waals surface area contributed by atoms with Crippen LogP contribution < -0.4 is 20.7 Å². The van der Waals surface area contributed by atoms with Crippen LogP contribution in [0.5, 0.6) is 5.75 Å². The molecule has 0 spiro atoms. The summed E-state index contributed by atoms with van der Waals surface area (Å²) in [6.07, 6.45) is 5.20. The molecule has 1 aromatic rings. The molecule has 0 atom stereocenters. The zero-order chi connectivity index (χ0) is 20.6. The van der Waals surface area contributed by atoms with Crippen molar-refractivity contribution in [2.75, 3.05) is 25.5 Å². The number of anilines is 1. The van der Waals surface area contributed by atoms with Crippen LogP contribution in [0.3, 0.4) is 0 Å². The standard InChI is InChI=1S/C22H36N4O2/c1-6-23-21(25-15-22(10-7-11-22)13-16(2)3)24-14-18-8-9-20(28-5)19(12-18)26-17(4)27/h8-9,12,16H,6-7,10-11,13-15H2,1-5H3,(H,26,27)(H2,23,24,25). The Morgan fingerprint density at radius 1 is 1.29 bits per heavy atom. The van der Waals surface area contributed by atoms with E-state index in [-0.39, 0.29) is 5.91 Å². The Morgan fingerprint density at radius 2 is 2.04 bits per heavy atom. The summed E-state index contributed by atoms with van der Waals surface area (Å²) in [5, 5.41) is 9.71. The number of amides is 1. The van der Waals surface area contributed by atoms with Crippen molar-refractivity contribution in [3.05, 3.63) is 23.8 Å². The molecule has 0 aromatic heterocycles. The molecule has 28 heavy (non-hydrogen) atoms. The topological polar surface area (TPSA) is 74.8 Å². The van der Waals surface area contributed by atoms with Crippen molar-refractivity contribution in [2.24, 2.45) is 16.3 Å². The first kappa shape index (κ1) is 22.1. The molecule has 0 aliphatic heterocycles. The fourth-order valence-corrected chi connectivity index (χ4v) is 3.92. The number of carbonyl (C=O) groups is 1. The van der Waals surface area contributed by atoms with Crippen molar-refractivity contribution in [2.45, 2.75) is 59.9 Å². The minimum atomic E-state index is -0.120. The molecule has 1 aliphatic rings. The van der Waals surface area contributed by atoms with Crippen molar-refractivity contribution in [3.8, 4) is 5.75 Å². The van der Waals surface area contributed by atoms with E-state index < -0.39 is 0 Å². The van der Waals surface area contributed by atoms with Crippen molar-refractivity contribution < 1.29 is 9.53 Å². The molecule has 6 nitrogen and oxygen atoms in total. The molecule has 0 heterocycles. The van der Waals surface area contributed by atoms with Gasteiger partial charge in [-0.25, -0.2) is 4.99 Å². The molecular formula is C22H36N4O2. The van der Waals surface area contributed by atoms with E-state index in [9.17, 15) is 4.79 Å². The zero-order valence-corrected chi connectivity index (χ0v) is 18.0. The fourth-order valence-electron chi connectivity index (χ4n) is 3.92. The molecule has 0 saturated heterocycles. The third kappa shape index (κ3) is 6.43. The molecule has 1 aromatic carbocycles. The monoisotopic (exact) mass is 388 g/mol. The number of rotatable bonds is 9. The predicted molar refractivity (Wildman–Crippen MR) is 116 cm³/mol. The molecule has 2 rings (SSSR count).